The van der Waals surface area contributed by atoms with Crippen molar-refractivity contribution >= 4 is 34.0 Å². The molecule has 2 rings (SSSR count). The summed E-state index contributed by atoms with van der Waals surface area (Å²) >= 11 is 1.77. The van der Waals surface area contributed by atoms with Gasteiger partial charge in [0.25, 0.3) is 5.69 Å². The second-order valence-corrected chi connectivity index (χ2v) is 5.52. The minimum absolute atomic E-state index is 0.236. The number of nitro benzene ring substituents is 1. The Labute approximate surface area is 126 Å². The molecule has 0 radical (unpaired) electrons. The number of fused-ring (bicyclic) bond motifs is 1. The fraction of sp³-hybridized carbons (Fsp3) is 0.357. The largest absolute Gasteiger partial charge is 0.381 e. The molecule has 112 valence electrons. The molecule has 0 atom stereocenters. The molecule has 0 spiro atoms. The van der Waals surface area contributed by atoms with E-state index in [1.807, 2.05) is 6.26 Å². The van der Waals surface area contributed by atoms with Crippen molar-refractivity contribution < 1.29 is 9.31 Å². The van der Waals surface area contributed by atoms with Gasteiger partial charge in [0.15, 0.2) is 5.82 Å². The van der Waals surface area contributed by atoms with Crippen molar-refractivity contribution in [3.8, 4) is 0 Å². The maximum Gasteiger partial charge on any atom is 0.281 e. The van der Waals surface area contributed by atoms with Crippen molar-refractivity contribution in [2.75, 3.05) is 23.9 Å². The number of pyridine rings is 1. The van der Waals surface area contributed by atoms with Crippen LogP contribution in [0.15, 0.2) is 24.4 Å². The number of unbranched alkanes of at least 4 members (excludes halogenated alkanes) is 1. The monoisotopic (exact) mass is 309 g/mol. The molecule has 1 N–H and O–H groups in total. The van der Waals surface area contributed by atoms with Gasteiger partial charge >= 0.3 is 0 Å². The number of aromatic nitrogens is 1. The van der Waals surface area contributed by atoms with Gasteiger partial charge in [0, 0.05) is 12.7 Å². The smallest absolute Gasteiger partial charge is 0.281 e. The molecule has 0 amide bonds. The maximum atomic E-state index is 14.1. The SMILES string of the molecule is CSCCCCNc1c(F)cc([N+](=O)[O-])c2cccnc12. The van der Waals surface area contributed by atoms with Crippen molar-refractivity contribution in [2.24, 2.45) is 0 Å². The van der Waals surface area contributed by atoms with Crippen LogP contribution in [-0.2, 0) is 0 Å². The summed E-state index contributed by atoms with van der Waals surface area (Å²) in [5, 5.41) is 14.4. The first-order valence-corrected chi connectivity index (χ1v) is 7.99. The highest BCUT2D eigenvalue weighted by atomic mass is 32.2. The Morgan fingerprint density at radius 1 is 1.48 bits per heavy atom. The Balaban J connectivity index is 2.29. The first-order valence-electron chi connectivity index (χ1n) is 6.59. The zero-order chi connectivity index (χ0) is 15.2. The molecule has 0 aliphatic heterocycles. The average molecular weight is 309 g/mol. The van der Waals surface area contributed by atoms with Gasteiger partial charge in [-0.05, 0) is 37.0 Å². The van der Waals surface area contributed by atoms with E-state index in [-0.39, 0.29) is 11.4 Å². The summed E-state index contributed by atoms with van der Waals surface area (Å²) in [7, 11) is 0. The minimum atomic E-state index is -0.641. The average Bonchev–Trinajstić information content (AvgIpc) is 2.48. The number of rotatable bonds is 7. The first kappa shape index (κ1) is 15.5. The summed E-state index contributed by atoms with van der Waals surface area (Å²) in [5.41, 5.74) is 0.276. The summed E-state index contributed by atoms with van der Waals surface area (Å²) in [4.78, 5) is 14.5. The van der Waals surface area contributed by atoms with Crippen LogP contribution >= 0.6 is 11.8 Å². The molecule has 0 unspecified atom stereocenters. The number of anilines is 1. The highest BCUT2D eigenvalue weighted by Crippen LogP contribution is 2.32. The van der Waals surface area contributed by atoms with E-state index in [9.17, 15) is 14.5 Å². The van der Waals surface area contributed by atoms with Gasteiger partial charge in [0.1, 0.15) is 5.52 Å². The summed E-state index contributed by atoms with van der Waals surface area (Å²) in [6, 6.07) is 4.14. The van der Waals surface area contributed by atoms with Crippen LogP contribution in [0.4, 0.5) is 15.8 Å². The number of halogens is 1. The van der Waals surface area contributed by atoms with Gasteiger partial charge in [-0.2, -0.15) is 11.8 Å². The fourth-order valence-electron chi connectivity index (χ4n) is 2.10. The molecular formula is C14H16FN3O2S. The molecule has 0 bridgehead atoms. The zero-order valence-electron chi connectivity index (χ0n) is 11.6. The lowest BCUT2D eigenvalue weighted by Crippen LogP contribution is -2.06. The van der Waals surface area contributed by atoms with Gasteiger partial charge < -0.3 is 5.32 Å². The molecule has 0 fully saturated rings. The summed E-state index contributed by atoms with van der Waals surface area (Å²) < 4.78 is 14.1. The van der Waals surface area contributed by atoms with Gasteiger partial charge in [-0.25, -0.2) is 4.39 Å². The normalized spacial score (nSPS) is 10.8. The van der Waals surface area contributed by atoms with Crippen molar-refractivity contribution in [1.82, 2.24) is 4.98 Å². The van der Waals surface area contributed by atoms with E-state index in [2.05, 4.69) is 10.3 Å². The van der Waals surface area contributed by atoms with Crippen LogP contribution in [0.2, 0.25) is 0 Å². The van der Waals surface area contributed by atoms with Crippen LogP contribution in [0.25, 0.3) is 10.9 Å². The van der Waals surface area contributed by atoms with Gasteiger partial charge in [0.2, 0.25) is 0 Å². The topological polar surface area (TPSA) is 68.1 Å². The third-order valence-corrected chi connectivity index (χ3v) is 3.79. The Kier molecular flexibility index (Phi) is 5.32. The Bertz CT molecular complexity index is 651. The molecule has 1 heterocycles. The second kappa shape index (κ2) is 7.21. The van der Waals surface area contributed by atoms with Crippen LogP contribution in [-0.4, -0.2) is 28.5 Å². The predicted molar refractivity (Wildman–Crippen MR) is 84.5 cm³/mol. The third-order valence-electron chi connectivity index (χ3n) is 3.10. The molecule has 7 heteroatoms. The number of nitrogens with zero attached hydrogens (tertiary/aromatic N) is 2. The molecule has 0 saturated heterocycles. The molecule has 1 aromatic heterocycles. The fourth-order valence-corrected chi connectivity index (χ4v) is 2.59. The number of benzene rings is 1. The van der Waals surface area contributed by atoms with E-state index in [0.717, 1.165) is 24.7 Å². The van der Waals surface area contributed by atoms with Crippen LogP contribution in [0, 0.1) is 15.9 Å². The van der Waals surface area contributed by atoms with Crippen molar-refractivity contribution in [3.63, 3.8) is 0 Å². The number of hydrogen-bond donors (Lipinski definition) is 1. The lowest BCUT2D eigenvalue weighted by atomic mass is 10.1. The Morgan fingerprint density at radius 2 is 2.29 bits per heavy atom. The lowest BCUT2D eigenvalue weighted by Gasteiger charge is -2.10. The van der Waals surface area contributed by atoms with E-state index in [1.165, 1.54) is 6.20 Å². The summed E-state index contributed by atoms with van der Waals surface area (Å²) in [6.07, 6.45) is 5.49. The van der Waals surface area contributed by atoms with Gasteiger partial charge in [-0.3, -0.25) is 15.1 Å². The third kappa shape index (κ3) is 3.60. The number of non-ortho nitro benzene ring substituents is 1. The minimum Gasteiger partial charge on any atom is -0.381 e. The lowest BCUT2D eigenvalue weighted by molar-refractivity contribution is -0.383. The number of nitro groups is 1. The van der Waals surface area contributed by atoms with Crippen LogP contribution in [0.1, 0.15) is 12.8 Å². The standard InChI is InChI=1S/C14H16FN3O2S/c1-21-8-3-2-6-17-14-11(15)9-12(18(19)20)10-5-4-7-16-13(10)14/h4-5,7,9,17H,2-3,6,8H2,1H3. The molecule has 21 heavy (non-hydrogen) atoms. The molecule has 0 aliphatic carbocycles. The van der Waals surface area contributed by atoms with E-state index >= 15 is 0 Å². The van der Waals surface area contributed by atoms with E-state index < -0.39 is 10.7 Å². The zero-order valence-corrected chi connectivity index (χ0v) is 12.5. The highest BCUT2D eigenvalue weighted by Gasteiger charge is 2.19. The number of hydrogen-bond acceptors (Lipinski definition) is 5. The maximum absolute atomic E-state index is 14.1. The highest BCUT2D eigenvalue weighted by molar-refractivity contribution is 7.98. The quantitative estimate of drug-likeness (QED) is 0.478. The number of nitrogens with one attached hydrogen (secondary N) is 1. The second-order valence-electron chi connectivity index (χ2n) is 4.54. The first-order chi connectivity index (χ1) is 10.1. The molecular weight excluding hydrogens is 293 g/mol. The Morgan fingerprint density at radius 3 is 3.00 bits per heavy atom. The van der Waals surface area contributed by atoms with Crippen LogP contribution in [0.5, 0.6) is 0 Å². The van der Waals surface area contributed by atoms with Crippen molar-refractivity contribution in [3.05, 3.63) is 40.3 Å². The molecule has 5 nitrogen and oxygen atoms in total. The summed E-state index contributed by atoms with van der Waals surface area (Å²) in [5.74, 6) is 0.418. The van der Waals surface area contributed by atoms with Gasteiger partial charge in [-0.1, -0.05) is 0 Å². The van der Waals surface area contributed by atoms with E-state index in [0.29, 0.717) is 17.4 Å². The molecule has 2 aromatic rings. The molecule has 0 aliphatic rings. The summed E-state index contributed by atoms with van der Waals surface area (Å²) in [6.45, 7) is 0.612. The van der Waals surface area contributed by atoms with Crippen molar-refractivity contribution in [2.45, 2.75) is 12.8 Å². The molecule has 0 saturated carbocycles. The van der Waals surface area contributed by atoms with Crippen LogP contribution in [0.3, 0.4) is 0 Å². The Hall–Kier alpha value is -1.89. The van der Waals surface area contributed by atoms with E-state index in [4.69, 9.17) is 0 Å². The van der Waals surface area contributed by atoms with Crippen molar-refractivity contribution in [1.29, 1.82) is 0 Å². The van der Waals surface area contributed by atoms with Gasteiger partial charge in [-0.15, -0.1) is 0 Å². The van der Waals surface area contributed by atoms with Gasteiger partial charge in [0.05, 0.1) is 22.1 Å². The van der Waals surface area contributed by atoms with E-state index in [1.54, 1.807) is 23.9 Å². The molecule has 1 aromatic carbocycles. The predicted octanol–water partition coefficient (Wildman–Crippen LogP) is 3.84. The van der Waals surface area contributed by atoms with Crippen LogP contribution < -0.4 is 5.32 Å². The number of thioether (sulfide) groups is 1.